The molecule has 0 aromatic heterocycles. The van der Waals surface area contributed by atoms with Crippen molar-refractivity contribution in [2.75, 3.05) is 68.6 Å². The van der Waals surface area contributed by atoms with E-state index in [2.05, 4.69) is 6.58 Å². The summed E-state index contributed by atoms with van der Waals surface area (Å²) in [4.78, 5) is 23.2. The zero-order chi connectivity index (χ0) is 16.7. The second-order valence-electron chi connectivity index (χ2n) is 7.16. The summed E-state index contributed by atoms with van der Waals surface area (Å²) in [5.41, 5.74) is 0.131. The van der Waals surface area contributed by atoms with Crippen LogP contribution in [0.2, 0.25) is 0 Å². The minimum Gasteiger partial charge on any atom is -0.459 e. The van der Waals surface area contributed by atoms with Crippen LogP contribution in [-0.2, 0) is 19.1 Å². The lowest BCUT2D eigenvalue weighted by molar-refractivity contribution is -0.870. The van der Waals surface area contributed by atoms with Crippen LogP contribution in [0.5, 0.6) is 0 Å². The van der Waals surface area contributed by atoms with Gasteiger partial charge < -0.3 is 18.4 Å². The minimum absolute atomic E-state index is 0.125. The Kier molecular flexibility index (Phi) is 7.60. The van der Waals surface area contributed by atoms with Crippen molar-refractivity contribution in [2.45, 2.75) is 6.42 Å². The summed E-state index contributed by atoms with van der Waals surface area (Å²) in [7, 11) is 12.1. The third-order valence-corrected chi connectivity index (χ3v) is 2.67. The summed E-state index contributed by atoms with van der Waals surface area (Å²) >= 11 is 0. The van der Waals surface area contributed by atoms with E-state index in [0.717, 1.165) is 0 Å². The van der Waals surface area contributed by atoms with Crippen molar-refractivity contribution < 1.29 is 28.0 Å². The maximum Gasteiger partial charge on any atom is 0.334 e. The van der Waals surface area contributed by atoms with Crippen LogP contribution in [-0.4, -0.2) is 89.5 Å². The van der Waals surface area contributed by atoms with Gasteiger partial charge in [-0.2, -0.15) is 0 Å². The SMILES string of the molecule is C=C(CC(=O)OCC[N+](C)(C)C)C(=O)OCC[N+](C)(C)C. The fourth-order valence-electron chi connectivity index (χ4n) is 1.25. The van der Waals surface area contributed by atoms with Crippen LogP contribution in [0.4, 0.5) is 0 Å². The first-order valence-corrected chi connectivity index (χ1v) is 7.02. The summed E-state index contributed by atoms with van der Waals surface area (Å²) in [5.74, 6) is -0.982. The number of likely N-dealkylation sites (N-methyl/N-ethyl adjacent to an activating group) is 2. The minimum atomic E-state index is -0.535. The van der Waals surface area contributed by atoms with Gasteiger partial charge in [0, 0.05) is 5.57 Å². The molecule has 0 aliphatic rings. The molecule has 0 saturated carbocycles. The van der Waals surface area contributed by atoms with Gasteiger partial charge in [0.05, 0.1) is 48.7 Å². The molecule has 0 saturated heterocycles. The molecule has 6 nitrogen and oxygen atoms in total. The van der Waals surface area contributed by atoms with Crippen LogP contribution in [0.25, 0.3) is 0 Å². The number of esters is 2. The molecule has 0 unspecified atom stereocenters. The molecule has 0 aromatic carbocycles. The predicted molar refractivity (Wildman–Crippen MR) is 81.5 cm³/mol. The molecule has 0 heterocycles. The fraction of sp³-hybridized carbons (Fsp3) is 0.733. The molecule has 0 aromatic rings. The van der Waals surface area contributed by atoms with E-state index in [0.29, 0.717) is 35.3 Å². The summed E-state index contributed by atoms with van der Waals surface area (Å²) in [5, 5.41) is 0. The van der Waals surface area contributed by atoms with Crippen molar-refractivity contribution >= 4 is 11.9 Å². The molecule has 0 N–H and O–H groups in total. The van der Waals surface area contributed by atoms with Crippen LogP contribution in [0, 0.1) is 0 Å². The lowest BCUT2D eigenvalue weighted by Crippen LogP contribution is -2.38. The summed E-state index contributed by atoms with van der Waals surface area (Å²) in [6.07, 6.45) is -0.125. The highest BCUT2D eigenvalue weighted by molar-refractivity contribution is 5.93. The maximum absolute atomic E-state index is 11.7. The Morgan fingerprint density at radius 3 is 1.71 bits per heavy atom. The van der Waals surface area contributed by atoms with Gasteiger partial charge in [0.2, 0.25) is 0 Å². The van der Waals surface area contributed by atoms with Crippen molar-refractivity contribution in [3.8, 4) is 0 Å². The number of hydrogen-bond donors (Lipinski definition) is 0. The molecule has 0 atom stereocenters. The summed E-state index contributed by atoms with van der Waals surface area (Å²) < 4.78 is 11.6. The Morgan fingerprint density at radius 1 is 0.857 bits per heavy atom. The highest BCUT2D eigenvalue weighted by atomic mass is 16.5. The molecule has 122 valence electrons. The van der Waals surface area contributed by atoms with E-state index in [1.165, 1.54) is 0 Å². The average Bonchev–Trinajstić information content (AvgIpc) is 2.24. The Labute approximate surface area is 128 Å². The van der Waals surface area contributed by atoms with Gasteiger partial charge in [0.25, 0.3) is 0 Å². The van der Waals surface area contributed by atoms with E-state index in [-0.39, 0.29) is 12.0 Å². The Hall–Kier alpha value is -1.40. The number of rotatable bonds is 9. The summed E-state index contributed by atoms with van der Waals surface area (Å²) in [6, 6.07) is 0. The maximum atomic E-state index is 11.7. The summed E-state index contributed by atoms with van der Waals surface area (Å²) in [6.45, 7) is 5.63. The molecule has 0 aliphatic carbocycles. The standard InChI is InChI=1S/C15H30N2O4/c1-13(15(19)21-11-9-17(5,6)7)12-14(18)20-10-8-16(2,3)4/h1,8-12H2,2-7H3/q+2. The number of quaternary nitrogens is 2. The van der Waals surface area contributed by atoms with Gasteiger partial charge in [-0.1, -0.05) is 6.58 Å². The van der Waals surface area contributed by atoms with E-state index in [4.69, 9.17) is 9.47 Å². The van der Waals surface area contributed by atoms with Gasteiger partial charge in [-0.25, -0.2) is 4.79 Å². The molecule has 6 heteroatoms. The molecule has 0 bridgehead atoms. The molecular weight excluding hydrogens is 272 g/mol. The molecule has 0 rings (SSSR count). The zero-order valence-corrected chi connectivity index (χ0v) is 14.3. The van der Waals surface area contributed by atoms with Crippen molar-refractivity contribution in [1.29, 1.82) is 0 Å². The van der Waals surface area contributed by atoms with E-state index < -0.39 is 11.9 Å². The van der Waals surface area contributed by atoms with Crippen LogP contribution in [0.15, 0.2) is 12.2 Å². The molecule has 0 spiro atoms. The van der Waals surface area contributed by atoms with Crippen molar-refractivity contribution in [2.24, 2.45) is 0 Å². The highest BCUT2D eigenvalue weighted by Crippen LogP contribution is 2.04. The topological polar surface area (TPSA) is 52.6 Å². The number of nitrogens with zero attached hydrogens (tertiary/aromatic N) is 2. The van der Waals surface area contributed by atoms with Crippen LogP contribution < -0.4 is 0 Å². The predicted octanol–water partition coefficient (Wildman–Crippen LogP) is 0.432. The van der Waals surface area contributed by atoms with Crippen molar-refractivity contribution in [3.63, 3.8) is 0 Å². The lowest BCUT2D eigenvalue weighted by atomic mass is 10.2. The van der Waals surface area contributed by atoms with Gasteiger partial charge in [-0.3, -0.25) is 4.79 Å². The fourth-order valence-corrected chi connectivity index (χ4v) is 1.25. The Balaban J connectivity index is 3.96. The first-order chi connectivity index (χ1) is 9.41. The quantitative estimate of drug-likeness (QED) is 0.352. The van der Waals surface area contributed by atoms with Crippen LogP contribution >= 0.6 is 0 Å². The monoisotopic (exact) mass is 302 g/mol. The second kappa shape index (κ2) is 8.14. The smallest absolute Gasteiger partial charge is 0.334 e. The van der Waals surface area contributed by atoms with Crippen molar-refractivity contribution in [1.82, 2.24) is 0 Å². The van der Waals surface area contributed by atoms with E-state index in [1.807, 2.05) is 42.3 Å². The third kappa shape index (κ3) is 12.1. The van der Waals surface area contributed by atoms with E-state index in [9.17, 15) is 9.59 Å². The number of hydrogen-bond acceptors (Lipinski definition) is 4. The molecule has 0 radical (unpaired) electrons. The van der Waals surface area contributed by atoms with Gasteiger partial charge in [0.1, 0.15) is 26.3 Å². The van der Waals surface area contributed by atoms with Crippen LogP contribution in [0.3, 0.4) is 0 Å². The molecular formula is C15H30N2O4+2. The van der Waals surface area contributed by atoms with E-state index in [1.54, 1.807) is 0 Å². The van der Waals surface area contributed by atoms with Crippen molar-refractivity contribution in [3.05, 3.63) is 12.2 Å². The van der Waals surface area contributed by atoms with Gasteiger partial charge in [-0.15, -0.1) is 0 Å². The normalized spacial score (nSPS) is 11.9. The lowest BCUT2D eigenvalue weighted by Gasteiger charge is -2.23. The average molecular weight is 302 g/mol. The number of ether oxygens (including phenoxy) is 2. The number of carbonyl (C=O) groups excluding carboxylic acids is 2. The van der Waals surface area contributed by atoms with Gasteiger partial charge in [-0.05, 0) is 0 Å². The molecule has 21 heavy (non-hydrogen) atoms. The van der Waals surface area contributed by atoms with E-state index >= 15 is 0 Å². The van der Waals surface area contributed by atoms with Gasteiger partial charge in [0.15, 0.2) is 0 Å². The molecule has 0 fully saturated rings. The molecule has 0 amide bonds. The van der Waals surface area contributed by atoms with Gasteiger partial charge >= 0.3 is 11.9 Å². The van der Waals surface area contributed by atoms with Crippen LogP contribution in [0.1, 0.15) is 6.42 Å². The Morgan fingerprint density at radius 2 is 1.29 bits per heavy atom. The first-order valence-electron chi connectivity index (χ1n) is 7.02. The third-order valence-electron chi connectivity index (χ3n) is 2.67. The number of carbonyl (C=O) groups is 2. The Bertz CT molecular complexity index is 378. The zero-order valence-electron chi connectivity index (χ0n) is 14.3. The first kappa shape index (κ1) is 19.6. The highest BCUT2D eigenvalue weighted by Gasteiger charge is 2.16. The molecule has 0 aliphatic heterocycles. The largest absolute Gasteiger partial charge is 0.459 e. The second-order valence-corrected chi connectivity index (χ2v) is 7.16.